The molecule has 0 saturated carbocycles. The number of aliphatic hydroxyl groups excluding tert-OH is 1. The summed E-state index contributed by atoms with van der Waals surface area (Å²) in [6.45, 7) is 7.83. The highest BCUT2D eigenvalue weighted by atomic mass is 16.5. The maximum atomic E-state index is 10.2. The Balaban J connectivity index is 2.85. The predicted octanol–water partition coefficient (Wildman–Crippen LogP) is 2.98. The summed E-state index contributed by atoms with van der Waals surface area (Å²) in [6.07, 6.45) is 0.731. The first kappa shape index (κ1) is 15.0. The summed E-state index contributed by atoms with van der Waals surface area (Å²) in [5, 5.41) is 19.9. The average Bonchev–Trinajstić information content (AvgIpc) is 2.36. The van der Waals surface area contributed by atoms with Gasteiger partial charge in [-0.1, -0.05) is 25.5 Å². The molecule has 0 radical (unpaired) electrons. The lowest BCUT2D eigenvalue weighted by atomic mass is 9.99. The lowest BCUT2D eigenvalue weighted by Crippen LogP contribution is -2.34. The van der Waals surface area contributed by atoms with Gasteiger partial charge in [0.15, 0.2) is 0 Å². The average molecular weight is 252 g/mol. The van der Waals surface area contributed by atoms with Crippen LogP contribution in [0.15, 0.2) is 18.2 Å². The maximum absolute atomic E-state index is 10.2. The van der Waals surface area contributed by atoms with E-state index < -0.39 is 11.7 Å². The van der Waals surface area contributed by atoms with Crippen LogP contribution in [0.5, 0.6) is 5.75 Å². The molecule has 18 heavy (non-hydrogen) atoms. The molecule has 2 N–H and O–H groups in total. The molecule has 1 rings (SSSR count). The van der Waals surface area contributed by atoms with Crippen LogP contribution < -0.4 is 4.74 Å². The van der Waals surface area contributed by atoms with Crippen molar-refractivity contribution in [3.05, 3.63) is 29.3 Å². The summed E-state index contributed by atoms with van der Waals surface area (Å²) in [5.41, 5.74) is 1.06. The van der Waals surface area contributed by atoms with Gasteiger partial charge in [-0.25, -0.2) is 0 Å². The van der Waals surface area contributed by atoms with Gasteiger partial charge in [-0.3, -0.25) is 0 Å². The molecule has 0 aliphatic carbocycles. The van der Waals surface area contributed by atoms with Gasteiger partial charge in [0.05, 0.1) is 11.7 Å². The van der Waals surface area contributed by atoms with Crippen molar-refractivity contribution in [1.82, 2.24) is 0 Å². The van der Waals surface area contributed by atoms with Gasteiger partial charge in [0.25, 0.3) is 0 Å². The SMILES string of the molecule is CCC(O)(CC)COc1ccc(C)cc1[C@@H](C)O. The minimum Gasteiger partial charge on any atom is -0.490 e. The van der Waals surface area contributed by atoms with E-state index >= 15 is 0 Å². The Hall–Kier alpha value is -1.06. The molecule has 102 valence electrons. The predicted molar refractivity (Wildman–Crippen MR) is 72.8 cm³/mol. The van der Waals surface area contributed by atoms with Crippen LogP contribution in [0.2, 0.25) is 0 Å². The molecule has 3 heteroatoms. The molecule has 1 aromatic rings. The molecule has 0 aliphatic rings. The minimum absolute atomic E-state index is 0.253. The molecule has 0 fully saturated rings. The van der Waals surface area contributed by atoms with E-state index in [0.29, 0.717) is 18.6 Å². The number of benzene rings is 1. The molecule has 0 aromatic heterocycles. The number of hydrogen-bond acceptors (Lipinski definition) is 3. The Kier molecular flexibility index (Phi) is 5.17. The van der Waals surface area contributed by atoms with E-state index in [2.05, 4.69) is 0 Å². The normalized spacial score (nSPS) is 13.4. The molecule has 0 bridgehead atoms. The highest BCUT2D eigenvalue weighted by Crippen LogP contribution is 2.27. The molecule has 3 nitrogen and oxygen atoms in total. The van der Waals surface area contributed by atoms with Crippen LogP contribution in [0.3, 0.4) is 0 Å². The Morgan fingerprint density at radius 2 is 1.89 bits per heavy atom. The third-order valence-electron chi connectivity index (χ3n) is 3.43. The van der Waals surface area contributed by atoms with E-state index in [1.165, 1.54) is 0 Å². The van der Waals surface area contributed by atoms with Gasteiger partial charge in [-0.15, -0.1) is 0 Å². The summed E-state index contributed by atoms with van der Waals surface area (Å²) in [4.78, 5) is 0. The van der Waals surface area contributed by atoms with Crippen molar-refractivity contribution in [3.8, 4) is 5.75 Å². The van der Waals surface area contributed by atoms with Gasteiger partial charge in [0.1, 0.15) is 12.4 Å². The van der Waals surface area contributed by atoms with Crippen molar-refractivity contribution in [2.75, 3.05) is 6.61 Å². The zero-order valence-corrected chi connectivity index (χ0v) is 11.7. The maximum Gasteiger partial charge on any atom is 0.125 e. The van der Waals surface area contributed by atoms with Crippen molar-refractivity contribution >= 4 is 0 Å². The quantitative estimate of drug-likeness (QED) is 0.818. The highest BCUT2D eigenvalue weighted by molar-refractivity contribution is 5.38. The summed E-state index contributed by atoms with van der Waals surface area (Å²) in [7, 11) is 0. The van der Waals surface area contributed by atoms with E-state index in [4.69, 9.17) is 4.74 Å². The van der Waals surface area contributed by atoms with Crippen LogP contribution >= 0.6 is 0 Å². The molecular formula is C15H24O3. The van der Waals surface area contributed by atoms with Crippen molar-refractivity contribution in [1.29, 1.82) is 0 Å². The first-order chi connectivity index (χ1) is 8.41. The van der Waals surface area contributed by atoms with Crippen molar-refractivity contribution in [2.45, 2.75) is 52.2 Å². The summed E-state index contributed by atoms with van der Waals surface area (Å²) in [6, 6.07) is 5.71. The summed E-state index contributed by atoms with van der Waals surface area (Å²) >= 11 is 0. The van der Waals surface area contributed by atoms with Crippen molar-refractivity contribution in [2.24, 2.45) is 0 Å². The van der Waals surface area contributed by atoms with E-state index in [1.807, 2.05) is 39.0 Å². The lowest BCUT2D eigenvalue weighted by Gasteiger charge is -2.26. The van der Waals surface area contributed by atoms with E-state index in [-0.39, 0.29) is 6.61 Å². The third-order valence-corrected chi connectivity index (χ3v) is 3.43. The first-order valence-corrected chi connectivity index (χ1v) is 6.55. The van der Waals surface area contributed by atoms with Gasteiger partial charge in [-0.2, -0.15) is 0 Å². The van der Waals surface area contributed by atoms with Crippen LogP contribution in [-0.2, 0) is 0 Å². The minimum atomic E-state index is -0.791. The monoisotopic (exact) mass is 252 g/mol. The van der Waals surface area contributed by atoms with Crippen LogP contribution in [-0.4, -0.2) is 22.4 Å². The fraction of sp³-hybridized carbons (Fsp3) is 0.600. The Bertz CT molecular complexity index is 381. The van der Waals surface area contributed by atoms with Crippen LogP contribution in [0.4, 0.5) is 0 Å². The van der Waals surface area contributed by atoms with E-state index in [9.17, 15) is 10.2 Å². The van der Waals surface area contributed by atoms with E-state index in [0.717, 1.165) is 11.1 Å². The molecule has 0 heterocycles. The van der Waals surface area contributed by atoms with Gasteiger partial charge in [0, 0.05) is 5.56 Å². The Morgan fingerprint density at radius 3 is 2.39 bits per heavy atom. The molecule has 1 atom stereocenters. The summed E-state index contributed by atoms with van der Waals surface area (Å²) < 4.78 is 5.69. The zero-order chi connectivity index (χ0) is 13.8. The standard InChI is InChI=1S/C15H24O3/c1-5-15(17,6-2)10-18-14-8-7-11(3)9-13(14)12(4)16/h7-9,12,16-17H,5-6,10H2,1-4H3/t12-/m1/s1. The van der Waals surface area contributed by atoms with Crippen molar-refractivity contribution in [3.63, 3.8) is 0 Å². The first-order valence-electron chi connectivity index (χ1n) is 6.55. The fourth-order valence-electron chi connectivity index (χ4n) is 1.79. The number of aliphatic hydroxyl groups is 2. The Morgan fingerprint density at radius 1 is 1.28 bits per heavy atom. The largest absolute Gasteiger partial charge is 0.490 e. The number of hydrogen-bond donors (Lipinski definition) is 2. The topological polar surface area (TPSA) is 49.7 Å². The second-order valence-electron chi connectivity index (χ2n) is 4.94. The molecule has 0 saturated heterocycles. The smallest absolute Gasteiger partial charge is 0.125 e. The lowest BCUT2D eigenvalue weighted by molar-refractivity contribution is -0.0121. The molecule has 0 spiro atoms. The molecule has 0 unspecified atom stereocenters. The van der Waals surface area contributed by atoms with Gasteiger partial charge in [0.2, 0.25) is 0 Å². The number of aryl methyl sites for hydroxylation is 1. The molecular weight excluding hydrogens is 228 g/mol. The second-order valence-corrected chi connectivity index (χ2v) is 4.94. The third kappa shape index (κ3) is 3.72. The van der Waals surface area contributed by atoms with Crippen LogP contribution in [0, 0.1) is 6.92 Å². The highest BCUT2D eigenvalue weighted by Gasteiger charge is 2.23. The second kappa shape index (κ2) is 6.21. The van der Waals surface area contributed by atoms with Gasteiger partial charge in [-0.05, 0) is 38.8 Å². The molecule has 0 aliphatic heterocycles. The number of rotatable bonds is 6. The Labute approximate surface area is 109 Å². The van der Waals surface area contributed by atoms with Gasteiger partial charge >= 0.3 is 0 Å². The van der Waals surface area contributed by atoms with E-state index in [1.54, 1.807) is 6.92 Å². The zero-order valence-electron chi connectivity index (χ0n) is 11.7. The van der Waals surface area contributed by atoms with Crippen LogP contribution in [0.1, 0.15) is 50.8 Å². The van der Waals surface area contributed by atoms with Gasteiger partial charge < -0.3 is 14.9 Å². The molecule has 1 aromatic carbocycles. The molecule has 0 amide bonds. The van der Waals surface area contributed by atoms with Crippen molar-refractivity contribution < 1.29 is 14.9 Å². The fourth-order valence-corrected chi connectivity index (χ4v) is 1.79. The summed E-state index contributed by atoms with van der Waals surface area (Å²) in [5.74, 6) is 0.649. The van der Waals surface area contributed by atoms with Crippen LogP contribution in [0.25, 0.3) is 0 Å². The number of ether oxygens (including phenoxy) is 1.